The summed E-state index contributed by atoms with van der Waals surface area (Å²) in [5.41, 5.74) is 3.88. The van der Waals surface area contributed by atoms with Gasteiger partial charge in [0.15, 0.2) is 28.5 Å². The van der Waals surface area contributed by atoms with E-state index in [1.807, 2.05) is 31.2 Å². The van der Waals surface area contributed by atoms with Crippen molar-refractivity contribution in [1.29, 1.82) is 0 Å². The number of amides is 1. The highest BCUT2D eigenvalue weighted by atomic mass is 16.4. The fraction of sp³-hybridized carbons (Fsp3) is 0.129. The van der Waals surface area contributed by atoms with Gasteiger partial charge in [0.1, 0.15) is 43.3 Å². The molecule has 14 nitrogen and oxygen atoms in total. The minimum atomic E-state index is -0.589. The van der Waals surface area contributed by atoms with E-state index >= 15 is 0 Å². The van der Waals surface area contributed by atoms with Crippen LogP contribution in [0.25, 0.3) is 46.3 Å². The molecule has 8 rings (SSSR count). The molecule has 0 radical (unpaired) electrons. The van der Waals surface area contributed by atoms with Gasteiger partial charge < -0.3 is 31.8 Å². The smallest absolute Gasteiger partial charge is 0.273 e. The summed E-state index contributed by atoms with van der Waals surface area (Å²) in [5, 5.41) is 2.99. The summed E-state index contributed by atoms with van der Waals surface area (Å²) in [6.07, 6.45) is 8.84. The van der Waals surface area contributed by atoms with Crippen LogP contribution in [0.2, 0.25) is 0 Å². The van der Waals surface area contributed by atoms with Gasteiger partial charge in [-0.05, 0) is 24.8 Å². The Morgan fingerprint density at radius 2 is 1.27 bits per heavy atom. The number of carbonyl (C=O) groups is 1. The molecule has 0 aliphatic carbocycles. The van der Waals surface area contributed by atoms with E-state index in [1.165, 1.54) is 37.6 Å². The topological polar surface area (TPSA) is 185 Å². The van der Waals surface area contributed by atoms with Crippen LogP contribution in [0.5, 0.6) is 0 Å². The molecule has 6 aromatic heterocycles. The van der Waals surface area contributed by atoms with Gasteiger partial charge in [-0.3, -0.25) is 4.79 Å². The second-order valence-corrected chi connectivity index (χ2v) is 10.0. The third-order valence-corrected chi connectivity index (χ3v) is 6.86. The highest BCUT2D eigenvalue weighted by Crippen LogP contribution is 2.28. The Hall–Kier alpha value is -6.49. The van der Waals surface area contributed by atoms with Crippen molar-refractivity contribution in [3.63, 3.8) is 0 Å². The van der Waals surface area contributed by atoms with Gasteiger partial charge >= 0.3 is 0 Å². The standard InChI is InChI=1S/C31H19N7O7/c1-16-5-7-17(8-6-16)9-18-19-10-42-30(35-19)23-14-44-28(37-23)21-12-40-25(32-21)3-2-4-26-33-22(13-41-26)29-38-24(15-45-29)31-36-20(11-43-31)27(39)34-18/h5-8,10-15,18H,3,9H2,1H3,(H,34,39). The molecule has 220 valence electrons. The maximum atomic E-state index is 13.4. The van der Waals surface area contributed by atoms with Crippen molar-refractivity contribution in [3.05, 3.63) is 96.1 Å². The second kappa shape index (κ2) is 10.7. The molecule has 1 aliphatic rings. The number of nitrogens with one attached hydrogen (secondary N) is 1. The Kier molecular flexibility index (Phi) is 6.19. The van der Waals surface area contributed by atoms with E-state index in [2.05, 4.69) is 47.1 Å². The summed E-state index contributed by atoms with van der Waals surface area (Å²) in [5.74, 6) is 6.35. The summed E-state index contributed by atoms with van der Waals surface area (Å²) in [6.45, 7) is 2.00. The zero-order valence-electron chi connectivity index (χ0n) is 23.3. The molecule has 0 saturated carbocycles. The van der Waals surface area contributed by atoms with Crippen LogP contribution in [0.1, 0.15) is 45.1 Å². The highest BCUT2D eigenvalue weighted by molar-refractivity contribution is 5.92. The van der Waals surface area contributed by atoms with Gasteiger partial charge in [-0.15, -0.1) is 0 Å². The first-order valence-electron chi connectivity index (χ1n) is 13.6. The number of hydrogen-bond acceptors (Lipinski definition) is 13. The summed E-state index contributed by atoms with van der Waals surface area (Å²) in [4.78, 5) is 39.9. The minimum absolute atomic E-state index is 0.0359. The Bertz CT molecular complexity index is 2220. The van der Waals surface area contributed by atoms with Crippen molar-refractivity contribution >= 4 is 5.91 Å². The fourth-order valence-corrected chi connectivity index (χ4v) is 4.58. The van der Waals surface area contributed by atoms with Gasteiger partial charge in [0.05, 0.1) is 12.5 Å². The van der Waals surface area contributed by atoms with Crippen molar-refractivity contribution < 1.29 is 31.3 Å². The number of aromatic nitrogens is 6. The number of hydrogen-bond donors (Lipinski definition) is 1. The number of carbonyl (C=O) groups excluding carboxylic acids is 1. The van der Waals surface area contributed by atoms with Crippen LogP contribution >= 0.6 is 0 Å². The summed E-state index contributed by atoms with van der Waals surface area (Å²) < 4.78 is 33.5. The van der Waals surface area contributed by atoms with Gasteiger partial charge in [0.25, 0.3) is 11.8 Å². The predicted molar refractivity (Wildman–Crippen MR) is 151 cm³/mol. The second-order valence-electron chi connectivity index (χ2n) is 10.0. The van der Waals surface area contributed by atoms with Crippen LogP contribution in [0, 0.1) is 18.8 Å². The molecule has 1 aliphatic heterocycles. The molecule has 7 heterocycles. The van der Waals surface area contributed by atoms with Crippen molar-refractivity contribution in [1.82, 2.24) is 35.2 Å². The van der Waals surface area contributed by atoms with Gasteiger partial charge in [-0.2, -0.15) is 4.98 Å². The maximum Gasteiger partial charge on any atom is 0.273 e. The van der Waals surface area contributed by atoms with Crippen LogP contribution in [0.15, 0.2) is 88.3 Å². The number of fused-ring (bicyclic) bond motifs is 16. The van der Waals surface area contributed by atoms with E-state index in [4.69, 9.17) is 26.5 Å². The number of oxazole rings is 6. The molecule has 0 fully saturated rings. The summed E-state index contributed by atoms with van der Waals surface area (Å²) in [6, 6.07) is 7.39. The van der Waals surface area contributed by atoms with Crippen molar-refractivity contribution in [2.75, 3.05) is 0 Å². The average Bonchev–Trinajstić information content (AvgIpc) is 3.87. The molecule has 14 heteroatoms. The molecule has 0 spiro atoms. The summed E-state index contributed by atoms with van der Waals surface area (Å²) in [7, 11) is 0. The Labute approximate surface area is 252 Å². The fourth-order valence-electron chi connectivity index (χ4n) is 4.58. The van der Waals surface area contributed by atoms with E-state index in [-0.39, 0.29) is 47.3 Å². The zero-order valence-corrected chi connectivity index (χ0v) is 23.3. The first-order chi connectivity index (χ1) is 22.0. The van der Waals surface area contributed by atoms with E-state index in [0.717, 1.165) is 11.1 Å². The monoisotopic (exact) mass is 601 g/mol. The van der Waals surface area contributed by atoms with E-state index < -0.39 is 11.9 Å². The quantitative estimate of drug-likeness (QED) is 0.255. The molecule has 1 atom stereocenters. The molecule has 12 bridgehead atoms. The third-order valence-electron chi connectivity index (χ3n) is 6.86. The van der Waals surface area contributed by atoms with Crippen molar-refractivity contribution in [2.24, 2.45) is 0 Å². The van der Waals surface area contributed by atoms with Crippen molar-refractivity contribution in [2.45, 2.75) is 25.8 Å². The van der Waals surface area contributed by atoms with E-state index in [1.54, 1.807) is 0 Å². The predicted octanol–water partition coefficient (Wildman–Crippen LogP) is 5.21. The highest BCUT2D eigenvalue weighted by Gasteiger charge is 2.25. The molecule has 1 aromatic carbocycles. The minimum Gasteiger partial charge on any atom is -0.447 e. The first-order valence-corrected chi connectivity index (χ1v) is 13.6. The largest absolute Gasteiger partial charge is 0.447 e. The molecule has 45 heavy (non-hydrogen) atoms. The first kappa shape index (κ1) is 26.2. The lowest BCUT2D eigenvalue weighted by Gasteiger charge is -2.16. The number of nitrogens with zero attached hydrogens (tertiary/aromatic N) is 6. The average molecular weight is 602 g/mol. The molecule has 7 aromatic rings. The molecule has 1 amide bonds. The van der Waals surface area contributed by atoms with Gasteiger partial charge in [0.2, 0.25) is 29.5 Å². The summed E-state index contributed by atoms with van der Waals surface area (Å²) >= 11 is 0. The van der Waals surface area contributed by atoms with Crippen LogP contribution in [-0.2, 0) is 12.8 Å². The lowest BCUT2D eigenvalue weighted by molar-refractivity contribution is 0.0930. The van der Waals surface area contributed by atoms with Gasteiger partial charge in [-0.1, -0.05) is 35.7 Å². The molecule has 1 unspecified atom stereocenters. The lowest BCUT2D eigenvalue weighted by Crippen LogP contribution is -2.30. The zero-order chi connectivity index (χ0) is 30.3. The number of benzene rings is 1. The van der Waals surface area contributed by atoms with E-state index in [0.29, 0.717) is 35.1 Å². The number of rotatable bonds is 2. The third kappa shape index (κ3) is 5.19. The van der Waals surface area contributed by atoms with Gasteiger partial charge in [-0.25, -0.2) is 24.9 Å². The normalized spacial score (nSPS) is 14.3. The Morgan fingerprint density at radius 1 is 0.689 bits per heavy atom. The van der Waals surface area contributed by atoms with Crippen LogP contribution < -0.4 is 5.32 Å². The van der Waals surface area contributed by atoms with Crippen LogP contribution in [0.4, 0.5) is 0 Å². The van der Waals surface area contributed by atoms with Crippen LogP contribution in [-0.4, -0.2) is 35.8 Å². The molecule has 0 saturated heterocycles. The van der Waals surface area contributed by atoms with Crippen molar-refractivity contribution in [3.8, 4) is 58.2 Å². The van der Waals surface area contributed by atoms with Crippen LogP contribution in [0.3, 0.4) is 0 Å². The Morgan fingerprint density at radius 3 is 2.02 bits per heavy atom. The molecular weight excluding hydrogens is 582 g/mol. The maximum absolute atomic E-state index is 13.4. The molecular formula is C31H19N7O7. The SMILES string of the molecule is Cc1ccc(CC2NC(=O)c3coc(n3)-c3coc(n3)-c3coc(n3)C#CCc3nc(co3)-c3nc(co3)-c3nc2co3)cc1. The van der Waals surface area contributed by atoms with E-state index in [9.17, 15) is 4.79 Å². The molecule has 1 N–H and O–H groups in total. The lowest BCUT2D eigenvalue weighted by atomic mass is 10.0. The van der Waals surface area contributed by atoms with Gasteiger partial charge in [0, 0.05) is 0 Å². The number of aryl methyl sites for hydroxylation is 1. The Balaban J connectivity index is 1.17.